The molecule has 0 radical (unpaired) electrons. The monoisotopic (exact) mass is 286 g/mol. The molecule has 1 amide bonds. The van der Waals surface area contributed by atoms with Crippen molar-refractivity contribution in [3.63, 3.8) is 0 Å². The molecule has 2 unspecified atom stereocenters. The third-order valence-electron chi connectivity index (χ3n) is 4.10. The van der Waals surface area contributed by atoms with Crippen LogP contribution < -0.4 is 11.3 Å². The third kappa shape index (κ3) is 4.39. The summed E-state index contributed by atoms with van der Waals surface area (Å²) in [6.45, 7) is 5.93. The van der Waals surface area contributed by atoms with Crippen LogP contribution in [0.1, 0.15) is 19.3 Å². The Bertz CT molecular complexity index is 316. The van der Waals surface area contributed by atoms with Crippen LogP contribution >= 0.6 is 0 Å². The van der Waals surface area contributed by atoms with Gasteiger partial charge >= 0.3 is 0 Å². The fourth-order valence-corrected chi connectivity index (χ4v) is 2.99. The molecule has 2 aliphatic heterocycles. The molecule has 20 heavy (non-hydrogen) atoms. The van der Waals surface area contributed by atoms with E-state index in [0.29, 0.717) is 0 Å². The summed E-state index contributed by atoms with van der Waals surface area (Å²) in [7, 11) is 0. The molecule has 7 nitrogen and oxygen atoms in total. The van der Waals surface area contributed by atoms with E-state index in [0.717, 1.165) is 58.5 Å². The van der Waals surface area contributed by atoms with E-state index in [4.69, 9.17) is 15.7 Å². The number of hydrogen-bond donors (Lipinski definition) is 3. The number of aliphatic hydroxyl groups excluding tert-OH is 1. The molecule has 2 heterocycles. The summed E-state index contributed by atoms with van der Waals surface area (Å²) in [5.41, 5.74) is 2.15. The van der Waals surface area contributed by atoms with Crippen molar-refractivity contribution in [1.82, 2.24) is 15.2 Å². The number of β-amino-alcohol motifs (C(OH)–C–C–N with tert-alkyl or cyclic N) is 1. The molecule has 0 bridgehead atoms. The van der Waals surface area contributed by atoms with Crippen LogP contribution in [0.3, 0.4) is 0 Å². The van der Waals surface area contributed by atoms with Gasteiger partial charge in [0.15, 0.2) is 0 Å². The summed E-state index contributed by atoms with van der Waals surface area (Å²) in [6, 6.07) is 0. The second-order valence-electron chi connectivity index (χ2n) is 5.55. The maximum absolute atomic E-state index is 11.4. The summed E-state index contributed by atoms with van der Waals surface area (Å²) >= 11 is 0. The highest BCUT2D eigenvalue weighted by atomic mass is 16.5. The van der Waals surface area contributed by atoms with Gasteiger partial charge in [0.1, 0.15) is 6.10 Å². The summed E-state index contributed by atoms with van der Waals surface area (Å²) in [4.78, 5) is 16.1. The van der Waals surface area contributed by atoms with Crippen molar-refractivity contribution in [2.45, 2.75) is 31.5 Å². The first-order valence-corrected chi connectivity index (χ1v) is 7.44. The lowest BCUT2D eigenvalue weighted by Crippen LogP contribution is -2.40. The zero-order valence-electron chi connectivity index (χ0n) is 12.0. The SMILES string of the molecule is NNC(=O)C1CCC(CN2CCCN(CCO)CC2)O1. The van der Waals surface area contributed by atoms with Gasteiger partial charge in [-0.2, -0.15) is 0 Å². The zero-order chi connectivity index (χ0) is 14.4. The molecular formula is C13H26N4O3. The fraction of sp³-hybridized carbons (Fsp3) is 0.923. The Morgan fingerprint density at radius 1 is 1.25 bits per heavy atom. The highest BCUT2D eigenvalue weighted by Crippen LogP contribution is 2.21. The van der Waals surface area contributed by atoms with Crippen molar-refractivity contribution < 1.29 is 14.6 Å². The van der Waals surface area contributed by atoms with Gasteiger partial charge in [0.05, 0.1) is 12.7 Å². The number of nitrogens with two attached hydrogens (primary N) is 1. The first kappa shape index (κ1) is 15.7. The van der Waals surface area contributed by atoms with Gasteiger partial charge in [-0.3, -0.25) is 20.0 Å². The van der Waals surface area contributed by atoms with E-state index in [9.17, 15) is 4.79 Å². The van der Waals surface area contributed by atoms with Crippen LogP contribution in [0.5, 0.6) is 0 Å². The average Bonchev–Trinajstić information content (AvgIpc) is 2.80. The Labute approximate surface area is 120 Å². The minimum absolute atomic E-state index is 0.127. The molecule has 0 aromatic rings. The van der Waals surface area contributed by atoms with E-state index in [2.05, 4.69) is 15.2 Å². The largest absolute Gasteiger partial charge is 0.395 e. The maximum Gasteiger partial charge on any atom is 0.263 e. The molecule has 2 atom stereocenters. The molecule has 116 valence electrons. The molecule has 0 saturated carbocycles. The lowest BCUT2D eigenvalue weighted by Gasteiger charge is -2.24. The van der Waals surface area contributed by atoms with Gasteiger partial charge < -0.3 is 9.84 Å². The second kappa shape index (κ2) is 7.90. The number of rotatable bonds is 5. The minimum atomic E-state index is -0.386. The Balaban J connectivity index is 1.73. The van der Waals surface area contributed by atoms with Gasteiger partial charge in [-0.05, 0) is 32.4 Å². The number of amides is 1. The Kier molecular flexibility index (Phi) is 6.18. The van der Waals surface area contributed by atoms with Crippen LogP contribution in [-0.4, -0.2) is 78.9 Å². The molecule has 2 rings (SSSR count). The first-order chi connectivity index (χ1) is 9.72. The van der Waals surface area contributed by atoms with Gasteiger partial charge in [0, 0.05) is 26.2 Å². The predicted octanol–water partition coefficient (Wildman–Crippen LogP) is -1.48. The van der Waals surface area contributed by atoms with Crippen molar-refractivity contribution in [3.05, 3.63) is 0 Å². The first-order valence-electron chi connectivity index (χ1n) is 7.44. The van der Waals surface area contributed by atoms with Gasteiger partial charge in [0.25, 0.3) is 5.91 Å². The summed E-state index contributed by atoms with van der Waals surface area (Å²) in [6.07, 6.45) is 2.51. The Hall–Kier alpha value is -0.730. The molecule has 0 aliphatic carbocycles. The number of ether oxygens (including phenoxy) is 1. The third-order valence-corrected chi connectivity index (χ3v) is 4.10. The van der Waals surface area contributed by atoms with Gasteiger partial charge in [-0.25, -0.2) is 5.84 Å². The van der Waals surface area contributed by atoms with Crippen LogP contribution in [0.4, 0.5) is 0 Å². The number of nitrogens with zero attached hydrogens (tertiary/aromatic N) is 2. The molecule has 4 N–H and O–H groups in total. The van der Waals surface area contributed by atoms with Crippen molar-refractivity contribution in [2.75, 3.05) is 45.9 Å². The molecule has 2 saturated heterocycles. The van der Waals surface area contributed by atoms with Crippen LogP contribution in [0, 0.1) is 0 Å². The predicted molar refractivity (Wildman–Crippen MR) is 74.8 cm³/mol. The van der Waals surface area contributed by atoms with Gasteiger partial charge in [0.2, 0.25) is 0 Å². The maximum atomic E-state index is 11.4. The van der Waals surface area contributed by atoms with Crippen LogP contribution in [-0.2, 0) is 9.53 Å². The molecular weight excluding hydrogens is 260 g/mol. The highest BCUT2D eigenvalue weighted by Gasteiger charge is 2.31. The zero-order valence-corrected chi connectivity index (χ0v) is 12.0. The van der Waals surface area contributed by atoms with E-state index in [1.807, 2.05) is 0 Å². The molecule has 0 aromatic carbocycles. The fourth-order valence-electron chi connectivity index (χ4n) is 2.99. The van der Waals surface area contributed by atoms with E-state index in [1.165, 1.54) is 0 Å². The molecule has 2 aliphatic rings. The minimum Gasteiger partial charge on any atom is -0.395 e. The standard InChI is InChI=1S/C13H26N4O3/c14-15-13(19)12-3-2-11(20-12)10-17-5-1-4-16(6-7-17)8-9-18/h11-12,18H,1-10,14H2,(H,15,19). The second-order valence-corrected chi connectivity index (χ2v) is 5.55. The van der Waals surface area contributed by atoms with E-state index >= 15 is 0 Å². The quantitative estimate of drug-likeness (QED) is 0.324. The van der Waals surface area contributed by atoms with E-state index in [1.54, 1.807) is 0 Å². The number of aliphatic hydroxyl groups is 1. The topological polar surface area (TPSA) is 91.1 Å². The Morgan fingerprint density at radius 2 is 2.00 bits per heavy atom. The molecule has 7 heteroatoms. The number of hydrogen-bond acceptors (Lipinski definition) is 6. The normalized spacial score (nSPS) is 29.3. The van der Waals surface area contributed by atoms with Gasteiger partial charge in [-0.1, -0.05) is 0 Å². The molecule has 0 aromatic heterocycles. The molecule has 0 spiro atoms. The van der Waals surface area contributed by atoms with E-state index in [-0.39, 0.29) is 24.7 Å². The van der Waals surface area contributed by atoms with Crippen molar-refractivity contribution in [1.29, 1.82) is 0 Å². The molecule has 2 fully saturated rings. The summed E-state index contributed by atoms with van der Waals surface area (Å²) in [5.74, 6) is 4.91. The van der Waals surface area contributed by atoms with Crippen LogP contribution in [0.25, 0.3) is 0 Å². The van der Waals surface area contributed by atoms with Crippen molar-refractivity contribution >= 4 is 5.91 Å². The lowest BCUT2D eigenvalue weighted by molar-refractivity contribution is -0.132. The van der Waals surface area contributed by atoms with Crippen molar-refractivity contribution in [3.8, 4) is 0 Å². The highest BCUT2D eigenvalue weighted by molar-refractivity contribution is 5.80. The number of carbonyl (C=O) groups is 1. The van der Waals surface area contributed by atoms with Crippen LogP contribution in [0.2, 0.25) is 0 Å². The smallest absolute Gasteiger partial charge is 0.263 e. The number of carbonyl (C=O) groups excluding carboxylic acids is 1. The number of hydrazine groups is 1. The lowest BCUT2D eigenvalue weighted by atomic mass is 10.2. The van der Waals surface area contributed by atoms with Gasteiger partial charge in [-0.15, -0.1) is 0 Å². The average molecular weight is 286 g/mol. The summed E-state index contributed by atoms with van der Waals surface area (Å²) < 4.78 is 5.74. The van der Waals surface area contributed by atoms with E-state index < -0.39 is 0 Å². The number of nitrogens with one attached hydrogen (secondary N) is 1. The Morgan fingerprint density at radius 3 is 2.75 bits per heavy atom. The van der Waals surface area contributed by atoms with Crippen molar-refractivity contribution in [2.24, 2.45) is 5.84 Å². The summed E-state index contributed by atoms with van der Waals surface area (Å²) in [5, 5.41) is 8.99. The van der Waals surface area contributed by atoms with Crippen LogP contribution in [0.15, 0.2) is 0 Å².